The second-order valence-electron chi connectivity index (χ2n) is 8.18. The topological polar surface area (TPSA) is 75.9 Å². The minimum absolute atomic E-state index is 0.000974. The van der Waals surface area contributed by atoms with Crippen molar-refractivity contribution in [1.29, 1.82) is 0 Å². The number of nitrogens with one attached hydrogen (secondary N) is 1. The number of aromatic nitrogens is 4. The van der Waals surface area contributed by atoms with Gasteiger partial charge in [0, 0.05) is 13.1 Å². The highest BCUT2D eigenvalue weighted by Crippen LogP contribution is 2.27. The Hall–Kier alpha value is -3.29. The van der Waals surface area contributed by atoms with E-state index in [0.29, 0.717) is 36.2 Å². The van der Waals surface area contributed by atoms with Gasteiger partial charge in [0.15, 0.2) is 0 Å². The number of amides is 1. The lowest BCUT2D eigenvalue weighted by Gasteiger charge is -2.40. The summed E-state index contributed by atoms with van der Waals surface area (Å²) in [6, 6.07) is 8.79. The van der Waals surface area contributed by atoms with Gasteiger partial charge in [0.05, 0.1) is 23.5 Å². The van der Waals surface area contributed by atoms with Crippen molar-refractivity contribution in [3.05, 3.63) is 65.6 Å². The average molecular weight is 423 g/mol. The molecule has 0 aliphatic carbocycles. The Morgan fingerprint density at radius 1 is 1.23 bits per heavy atom. The summed E-state index contributed by atoms with van der Waals surface area (Å²) in [4.78, 5) is 24.0. The van der Waals surface area contributed by atoms with Gasteiger partial charge in [-0.3, -0.25) is 4.79 Å². The molecule has 1 amide bonds. The summed E-state index contributed by atoms with van der Waals surface area (Å²) in [6.07, 6.45) is 4.83. The van der Waals surface area contributed by atoms with Crippen molar-refractivity contribution < 1.29 is 9.18 Å². The third kappa shape index (κ3) is 4.57. The highest BCUT2D eigenvalue weighted by molar-refractivity contribution is 5.98. The normalized spacial score (nSPS) is 18.8. The van der Waals surface area contributed by atoms with Crippen LogP contribution in [0.25, 0.3) is 5.69 Å². The van der Waals surface area contributed by atoms with E-state index in [0.717, 1.165) is 24.1 Å². The van der Waals surface area contributed by atoms with E-state index in [1.54, 1.807) is 17.1 Å². The number of hydrogen-bond acceptors (Lipinski definition) is 5. The molecule has 3 aromatic rings. The van der Waals surface area contributed by atoms with E-state index in [4.69, 9.17) is 0 Å². The van der Waals surface area contributed by atoms with Gasteiger partial charge in [0.1, 0.15) is 23.8 Å². The molecule has 8 heteroatoms. The van der Waals surface area contributed by atoms with Crippen LogP contribution in [-0.2, 0) is 0 Å². The van der Waals surface area contributed by atoms with Gasteiger partial charge in [-0.2, -0.15) is 5.10 Å². The highest BCUT2D eigenvalue weighted by Gasteiger charge is 2.33. The van der Waals surface area contributed by atoms with Crippen LogP contribution in [0.5, 0.6) is 0 Å². The van der Waals surface area contributed by atoms with Crippen molar-refractivity contribution in [3.63, 3.8) is 0 Å². The fourth-order valence-electron chi connectivity index (χ4n) is 4.14. The lowest BCUT2D eigenvalue weighted by molar-refractivity contribution is 0.0540. The molecule has 0 radical (unpaired) electrons. The maximum atomic E-state index is 13.7. The molecular formula is C23H27FN6O. The molecule has 1 aliphatic rings. The number of pyridine rings is 1. The van der Waals surface area contributed by atoms with Gasteiger partial charge in [-0.25, -0.2) is 19.0 Å². The largest absolute Gasteiger partial charge is 0.368 e. The van der Waals surface area contributed by atoms with Crippen LogP contribution in [0.2, 0.25) is 0 Å². The molecule has 0 unspecified atom stereocenters. The fourth-order valence-corrected chi connectivity index (χ4v) is 4.14. The zero-order valence-corrected chi connectivity index (χ0v) is 18.0. The van der Waals surface area contributed by atoms with Crippen LogP contribution in [0.15, 0.2) is 42.9 Å². The molecule has 7 nitrogen and oxygen atoms in total. The maximum absolute atomic E-state index is 13.7. The molecular weight excluding hydrogens is 395 g/mol. The standard InChI is InChI=1S/C23H27FN6O/c1-15-6-8-20(30-14-27-17(3)28-30)19(11-15)23(31)29-10-4-5-16(2)21(29)13-26-22-9-7-18(24)12-25-22/h6-9,11-12,14,16,21H,4-5,10,13H2,1-3H3,(H,25,26)/t16-,21-/m1/s1. The Balaban J connectivity index is 1.61. The van der Waals surface area contributed by atoms with E-state index < -0.39 is 0 Å². The molecule has 2 atom stereocenters. The predicted molar refractivity (Wildman–Crippen MR) is 117 cm³/mol. The monoisotopic (exact) mass is 422 g/mol. The number of hydrogen-bond donors (Lipinski definition) is 1. The third-order valence-corrected chi connectivity index (χ3v) is 5.83. The van der Waals surface area contributed by atoms with Crippen molar-refractivity contribution >= 4 is 11.7 Å². The van der Waals surface area contributed by atoms with E-state index >= 15 is 0 Å². The molecule has 2 aromatic heterocycles. The quantitative estimate of drug-likeness (QED) is 0.677. The first-order valence-electron chi connectivity index (χ1n) is 10.6. The predicted octanol–water partition coefficient (Wildman–Crippen LogP) is 3.77. The van der Waals surface area contributed by atoms with Crippen LogP contribution in [0.1, 0.15) is 41.5 Å². The number of nitrogens with zero attached hydrogens (tertiary/aromatic N) is 5. The summed E-state index contributed by atoms with van der Waals surface area (Å²) < 4.78 is 14.8. The van der Waals surface area contributed by atoms with Gasteiger partial charge in [-0.05, 0) is 56.9 Å². The smallest absolute Gasteiger partial charge is 0.256 e. The Morgan fingerprint density at radius 3 is 2.77 bits per heavy atom. The average Bonchev–Trinajstić information content (AvgIpc) is 3.19. The van der Waals surface area contributed by atoms with Crippen LogP contribution >= 0.6 is 0 Å². The lowest BCUT2D eigenvalue weighted by Crippen LogP contribution is -2.51. The summed E-state index contributed by atoms with van der Waals surface area (Å²) >= 11 is 0. The van der Waals surface area contributed by atoms with Crippen molar-refractivity contribution in [1.82, 2.24) is 24.6 Å². The van der Waals surface area contributed by atoms with Crippen LogP contribution in [0.3, 0.4) is 0 Å². The number of carbonyl (C=O) groups excluding carboxylic acids is 1. The van der Waals surface area contributed by atoms with Gasteiger partial charge < -0.3 is 10.2 Å². The fraction of sp³-hybridized carbons (Fsp3) is 0.391. The lowest BCUT2D eigenvalue weighted by atomic mass is 9.89. The molecule has 1 saturated heterocycles. The number of halogens is 1. The van der Waals surface area contributed by atoms with Gasteiger partial charge in [0.2, 0.25) is 0 Å². The highest BCUT2D eigenvalue weighted by atomic mass is 19.1. The molecule has 3 heterocycles. The third-order valence-electron chi connectivity index (χ3n) is 5.83. The summed E-state index contributed by atoms with van der Waals surface area (Å²) in [6.45, 7) is 7.21. The number of likely N-dealkylation sites (tertiary alicyclic amines) is 1. The van der Waals surface area contributed by atoms with Crippen LogP contribution < -0.4 is 5.32 Å². The van der Waals surface area contributed by atoms with Crippen molar-refractivity contribution in [2.75, 3.05) is 18.4 Å². The summed E-state index contributed by atoms with van der Waals surface area (Å²) in [5, 5.41) is 7.67. The van der Waals surface area contributed by atoms with E-state index in [1.807, 2.05) is 36.9 Å². The van der Waals surface area contributed by atoms with E-state index in [2.05, 4.69) is 27.3 Å². The number of rotatable bonds is 5. The zero-order valence-electron chi connectivity index (χ0n) is 18.0. The van der Waals surface area contributed by atoms with Crippen LogP contribution in [0.4, 0.5) is 10.2 Å². The van der Waals surface area contributed by atoms with E-state index in [9.17, 15) is 9.18 Å². The van der Waals surface area contributed by atoms with Gasteiger partial charge in [0.25, 0.3) is 5.91 Å². The molecule has 0 saturated carbocycles. The second kappa shape index (κ2) is 8.83. The number of benzene rings is 1. The first-order chi connectivity index (χ1) is 14.9. The summed E-state index contributed by atoms with van der Waals surface area (Å²) in [5.41, 5.74) is 2.35. The SMILES string of the molecule is Cc1ccc(-n2cnc(C)n2)c(C(=O)N2CCC[C@@H](C)[C@H]2CNc2ccc(F)cn2)c1. The number of anilines is 1. The number of carbonyl (C=O) groups is 1. The molecule has 31 heavy (non-hydrogen) atoms. The minimum Gasteiger partial charge on any atom is -0.368 e. The van der Waals surface area contributed by atoms with Crippen molar-refractivity contribution in [3.8, 4) is 5.69 Å². The maximum Gasteiger partial charge on any atom is 0.256 e. The van der Waals surface area contributed by atoms with E-state index in [1.165, 1.54) is 12.3 Å². The molecule has 1 N–H and O–H groups in total. The van der Waals surface area contributed by atoms with Gasteiger partial charge >= 0.3 is 0 Å². The molecule has 1 fully saturated rings. The first kappa shape index (κ1) is 21.0. The molecule has 162 valence electrons. The Kier molecular flexibility index (Phi) is 5.97. The zero-order chi connectivity index (χ0) is 22.0. The first-order valence-corrected chi connectivity index (χ1v) is 10.6. The molecule has 1 aromatic carbocycles. The van der Waals surface area contributed by atoms with Gasteiger partial charge in [-0.1, -0.05) is 18.6 Å². The van der Waals surface area contributed by atoms with E-state index in [-0.39, 0.29) is 17.8 Å². The molecule has 0 spiro atoms. The summed E-state index contributed by atoms with van der Waals surface area (Å²) in [5.74, 6) is 1.19. The molecule has 1 aliphatic heterocycles. The Morgan fingerprint density at radius 2 is 2.06 bits per heavy atom. The Labute approximate surface area is 181 Å². The van der Waals surface area contributed by atoms with Crippen molar-refractivity contribution in [2.45, 2.75) is 39.7 Å². The van der Waals surface area contributed by atoms with Gasteiger partial charge in [-0.15, -0.1) is 0 Å². The molecule has 0 bridgehead atoms. The Bertz CT molecular complexity index is 1060. The van der Waals surface area contributed by atoms with Crippen molar-refractivity contribution in [2.24, 2.45) is 5.92 Å². The van der Waals surface area contributed by atoms with Crippen LogP contribution in [0, 0.1) is 25.6 Å². The van der Waals surface area contributed by atoms with Crippen LogP contribution in [-0.4, -0.2) is 49.7 Å². The minimum atomic E-state index is -0.372. The number of piperidine rings is 1. The summed E-state index contributed by atoms with van der Waals surface area (Å²) in [7, 11) is 0. The molecule has 4 rings (SSSR count). The second-order valence-corrected chi connectivity index (χ2v) is 8.18. The number of aryl methyl sites for hydroxylation is 2.